The lowest BCUT2D eigenvalue weighted by atomic mass is 9.90. The average molecular weight is 284 g/mol. The van der Waals surface area contributed by atoms with E-state index >= 15 is 0 Å². The lowest BCUT2D eigenvalue weighted by Gasteiger charge is -2.45. The number of morpholine rings is 1. The van der Waals surface area contributed by atoms with Crippen molar-refractivity contribution < 1.29 is 9.53 Å². The Kier molecular flexibility index (Phi) is 3.96. The predicted octanol–water partition coefficient (Wildman–Crippen LogP) is 1.26. The summed E-state index contributed by atoms with van der Waals surface area (Å²) in [7, 11) is 0. The first kappa shape index (κ1) is 14.1. The fraction of sp³-hybridized carbons (Fsp3) is 0.471. The molecule has 110 valence electrons. The molecule has 0 bridgehead atoms. The van der Waals surface area contributed by atoms with Gasteiger partial charge in [0.25, 0.3) is 5.91 Å². The Balaban J connectivity index is 1.76. The molecule has 0 unspecified atom stereocenters. The smallest absolute Gasteiger partial charge is 0.254 e. The van der Waals surface area contributed by atoms with Crippen LogP contribution in [0, 0.1) is 12.3 Å². The Hall–Kier alpha value is -1.83. The molecule has 1 spiro atoms. The molecular weight excluding hydrogens is 264 g/mol. The maximum atomic E-state index is 12.7. The highest BCUT2D eigenvalue weighted by Gasteiger charge is 2.39. The molecule has 0 aromatic heterocycles. The van der Waals surface area contributed by atoms with E-state index in [1.807, 2.05) is 23.1 Å². The highest BCUT2D eigenvalue weighted by atomic mass is 16.5. The van der Waals surface area contributed by atoms with Crippen molar-refractivity contribution >= 4 is 5.91 Å². The van der Waals surface area contributed by atoms with Crippen LogP contribution < -0.4 is 5.32 Å². The summed E-state index contributed by atoms with van der Waals surface area (Å²) < 4.78 is 6.00. The molecule has 4 nitrogen and oxygen atoms in total. The largest absolute Gasteiger partial charge is 0.371 e. The summed E-state index contributed by atoms with van der Waals surface area (Å²) >= 11 is 0. The Morgan fingerprint density at radius 1 is 1.38 bits per heavy atom. The molecule has 2 saturated heterocycles. The maximum Gasteiger partial charge on any atom is 0.254 e. The first-order chi connectivity index (χ1) is 10.2. The van der Waals surface area contributed by atoms with E-state index in [2.05, 4.69) is 11.2 Å². The molecule has 0 saturated carbocycles. The van der Waals surface area contributed by atoms with Crippen molar-refractivity contribution in [3.05, 3.63) is 35.4 Å². The van der Waals surface area contributed by atoms with E-state index in [1.54, 1.807) is 6.07 Å². The van der Waals surface area contributed by atoms with Crippen LogP contribution in [0.25, 0.3) is 0 Å². The quantitative estimate of drug-likeness (QED) is 0.790. The van der Waals surface area contributed by atoms with Crippen LogP contribution in [0.3, 0.4) is 0 Å². The van der Waals surface area contributed by atoms with Crippen molar-refractivity contribution in [2.45, 2.75) is 18.4 Å². The van der Waals surface area contributed by atoms with Gasteiger partial charge in [0.15, 0.2) is 0 Å². The van der Waals surface area contributed by atoms with Gasteiger partial charge in [-0.2, -0.15) is 0 Å². The van der Waals surface area contributed by atoms with E-state index in [0.29, 0.717) is 25.3 Å². The van der Waals surface area contributed by atoms with Gasteiger partial charge in [0.1, 0.15) is 0 Å². The second kappa shape index (κ2) is 5.88. The van der Waals surface area contributed by atoms with Crippen LogP contribution in [0.2, 0.25) is 0 Å². The number of ether oxygens (including phenoxy) is 1. The number of nitrogens with one attached hydrogen (secondary N) is 1. The number of nitrogens with zero attached hydrogens (tertiary/aromatic N) is 1. The van der Waals surface area contributed by atoms with Crippen molar-refractivity contribution in [1.29, 1.82) is 0 Å². The van der Waals surface area contributed by atoms with Crippen LogP contribution >= 0.6 is 0 Å². The number of rotatable bonds is 1. The fourth-order valence-corrected chi connectivity index (χ4v) is 3.13. The van der Waals surface area contributed by atoms with E-state index in [9.17, 15) is 4.79 Å². The number of benzene rings is 1. The third kappa shape index (κ3) is 2.94. The summed E-state index contributed by atoms with van der Waals surface area (Å²) in [6.45, 7) is 3.84. The van der Waals surface area contributed by atoms with E-state index in [4.69, 9.17) is 11.2 Å². The van der Waals surface area contributed by atoms with Crippen molar-refractivity contribution in [3.63, 3.8) is 0 Å². The Labute approximate surface area is 125 Å². The number of amides is 1. The second-order valence-electron chi connectivity index (χ2n) is 5.73. The minimum absolute atomic E-state index is 0.0494. The van der Waals surface area contributed by atoms with Gasteiger partial charge in [-0.25, -0.2) is 0 Å². The van der Waals surface area contributed by atoms with Crippen LogP contribution in [-0.4, -0.2) is 49.2 Å². The zero-order valence-corrected chi connectivity index (χ0v) is 12.1. The lowest BCUT2D eigenvalue weighted by Crippen LogP contribution is -2.57. The van der Waals surface area contributed by atoms with E-state index in [0.717, 1.165) is 31.5 Å². The fourth-order valence-electron chi connectivity index (χ4n) is 3.13. The lowest BCUT2D eigenvalue weighted by molar-refractivity contribution is -0.114. The van der Waals surface area contributed by atoms with Crippen LogP contribution in [0.4, 0.5) is 0 Å². The molecule has 0 aliphatic carbocycles. The molecule has 1 amide bonds. The van der Waals surface area contributed by atoms with Crippen molar-refractivity contribution in [3.8, 4) is 12.3 Å². The molecule has 1 aromatic carbocycles. The van der Waals surface area contributed by atoms with Gasteiger partial charge >= 0.3 is 0 Å². The third-order valence-corrected chi connectivity index (χ3v) is 4.33. The molecule has 2 fully saturated rings. The SMILES string of the molecule is C#Cc1cccc(C(=O)N2CCOC3(CCNCC3)C2)c1. The molecule has 1 N–H and O–H groups in total. The summed E-state index contributed by atoms with van der Waals surface area (Å²) in [5.41, 5.74) is 1.24. The zero-order chi connectivity index (χ0) is 14.7. The molecule has 3 rings (SSSR count). The number of terminal acetylenes is 1. The molecule has 0 radical (unpaired) electrons. The van der Waals surface area contributed by atoms with Gasteiger partial charge in [-0.1, -0.05) is 12.0 Å². The van der Waals surface area contributed by atoms with Gasteiger partial charge in [-0.15, -0.1) is 6.42 Å². The molecule has 0 atom stereocenters. The molecular formula is C17H20N2O2. The monoisotopic (exact) mass is 284 g/mol. The normalized spacial score (nSPS) is 21.0. The van der Waals surface area contributed by atoms with Crippen molar-refractivity contribution in [1.82, 2.24) is 10.2 Å². The van der Waals surface area contributed by atoms with E-state index in [-0.39, 0.29) is 11.5 Å². The Bertz CT molecular complexity index is 565. The first-order valence-electron chi connectivity index (χ1n) is 7.43. The Morgan fingerprint density at radius 3 is 2.95 bits per heavy atom. The summed E-state index contributed by atoms with van der Waals surface area (Å²) in [6.07, 6.45) is 7.33. The van der Waals surface area contributed by atoms with Gasteiger partial charge < -0.3 is 15.0 Å². The van der Waals surface area contributed by atoms with E-state index < -0.39 is 0 Å². The summed E-state index contributed by atoms with van der Waals surface area (Å²) in [5, 5.41) is 3.34. The summed E-state index contributed by atoms with van der Waals surface area (Å²) in [4.78, 5) is 14.6. The Morgan fingerprint density at radius 2 is 2.19 bits per heavy atom. The van der Waals surface area contributed by atoms with Crippen LogP contribution in [0.1, 0.15) is 28.8 Å². The molecule has 2 aliphatic heterocycles. The standard InChI is InChI=1S/C17H20N2O2/c1-2-14-4-3-5-15(12-14)16(20)19-10-11-21-17(13-19)6-8-18-9-7-17/h1,3-5,12,18H,6-11,13H2. The first-order valence-corrected chi connectivity index (χ1v) is 7.43. The van der Waals surface area contributed by atoms with Gasteiger partial charge in [-0.05, 0) is 44.1 Å². The minimum atomic E-state index is -0.164. The number of hydrogen-bond donors (Lipinski definition) is 1. The number of carbonyl (C=O) groups is 1. The highest BCUT2D eigenvalue weighted by molar-refractivity contribution is 5.94. The molecule has 2 heterocycles. The average Bonchev–Trinajstić information content (AvgIpc) is 2.55. The van der Waals surface area contributed by atoms with Crippen LogP contribution in [-0.2, 0) is 4.74 Å². The van der Waals surface area contributed by atoms with Crippen LogP contribution in [0.15, 0.2) is 24.3 Å². The summed E-state index contributed by atoms with van der Waals surface area (Å²) in [6, 6.07) is 7.29. The van der Waals surface area contributed by atoms with E-state index in [1.165, 1.54) is 0 Å². The minimum Gasteiger partial charge on any atom is -0.371 e. The number of carbonyl (C=O) groups excluding carboxylic acids is 1. The van der Waals surface area contributed by atoms with Crippen molar-refractivity contribution in [2.75, 3.05) is 32.8 Å². The van der Waals surface area contributed by atoms with Gasteiger partial charge in [0.2, 0.25) is 0 Å². The summed E-state index contributed by atoms with van der Waals surface area (Å²) in [5.74, 6) is 2.63. The number of piperidine rings is 1. The van der Waals surface area contributed by atoms with Gasteiger partial charge in [0.05, 0.1) is 18.8 Å². The predicted molar refractivity (Wildman–Crippen MR) is 81.1 cm³/mol. The highest BCUT2D eigenvalue weighted by Crippen LogP contribution is 2.28. The topological polar surface area (TPSA) is 41.6 Å². The molecule has 2 aliphatic rings. The molecule has 21 heavy (non-hydrogen) atoms. The van der Waals surface area contributed by atoms with Gasteiger partial charge in [0, 0.05) is 17.7 Å². The third-order valence-electron chi connectivity index (χ3n) is 4.33. The molecule has 1 aromatic rings. The van der Waals surface area contributed by atoms with Gasteiger partial charge in [-0.3, -0.25) is 4.79 Å². The van der Waals surface area contributed by atoms with Crippen molar-refractivity contribution in [2.24, 2.45) is 0 Å². The molecule has 4 heteroatoms. The van der Waals surface area contributed by atoms with Crippen LogP contribution in [0.5, 0.6) is 0 Å². The zero-order valence-electron chi connectivity index (χ0n) is 12.1. The number of hydrogen-bond acceptors (Lipinski definition) is 3. The maximum absolute atomic E-state index is 12.7. The second-order valence-corrected chi connectivity index (χ2v) is 5.73.